The number of benzene rings is 2. The summed E-state index contributed by atoms with van der Waals surface area (Å²) in [7, 11) is 0. The highest BCUT2D eigenvalue weighted by Crippen LogP contribution is 2.20. The van der Waals surface area contributed by atoms with E-state index in [4.69, 9.17) is 9.84 Å². The molecule has 0 heterocycles. The molecule has 0 radical (unpaired) electrons. The molecule has 0 unspecified atom stereocenters. The van der Waals surface area contributed by atoms with E-state index in [0.29, 0.717) is 10.0 Å². The van der Waals surface area contributed by atoms with Gasteiger partial charge in [-0.25, -0.2) is 9.18 Å². The number of hydrogen-bond acceptors (Lipinski definition) is 2. The van der Waals surface area contributed by atoms with Gasteiger partial charge in [0.15, 0.2) is 0 Å². The van der Waals surface area contributed by atoms with Crippen LogP contribution in [0.5, 0.6) is 0 Å². The zero-order valence-corrected chi connectivity index (χ0v) is 12.1. The Morgan fingerprint density at radius 1 is 1.15 bits per heavy atom. The van der Waals surface area contributed by atoms with E-state index in [0.717, 1.165) is 5.56 Å². The molecule has 104 valence electrons. The molecule has 0 aromatic heterocycles. The third-order valence-corrected chi connectivity index (χ3v) is 3.51. The molecule has 3 nitrogen and oxygen atoms in total. The normalized spacial score (nSPS) is 10.5. The fraction of sp³-hybridized carbons (Fsp3) is 0.133. The molecule has 0 aliphatic carbocycles. The number of hydrogen-bond donors (Lipinski definition) is 1. The van der Waals surface area contributed by atoms with Crippen molar-refractivity contribution in [2.75, 3.05) is 0 Å². The van der Waals surface area contributed by atoms with Crippen molar-refractivity contribution < 1.29 is 19.0 Å². The van der Waals surface area contributed by atoms with Gasteiger partial charge in [-0.2, -0.15) is 0 Å². The van der Waals surface area contributed by atoms with Gasteiger partial charge < -0.3 is 9.84 Å². The number of halogens is 2. The van der Waals surface area contributed by atoms with Gasteiger partial charge in [-0.05, 0) is 23.8 Å². The number of rotatable bonds is 5. The van der Waals surface area contributed by atoms with E-state index in [1.165, 1.54) is 18.2 Å². The average molecular weight is 339 g/mol. The lowest BCUT2D eigenvalue weighted by Crippen LogP contribution is -2.00. The van der Waals surface area contributed by atoms with E-state index in [-0.39, 0.29) is 24.6 Å². The van der Waals surface area contributed by atoms with Crippen LogP contribution in [0.3, 0.4) is 0 Å². The molecule has 0 saturated heterocycles. The lowest BCUT2D eigenvalue weighted by molar-refractivity contribution is 0.0696. The minimum Gasteiger partial charge on any atom is -0.478 e. The summed E-state index contributed by atoms with van der Waals surface area (Å²) < 4.78 is 19.5. The largest absolute Gasteiger partial charge is 0.478 e. The third kappa shape index (κ3) is 3.65. The first kappa shape index (κ1) is 14.7. The van der Waals surface area contributed by atoms with Crippen molar-refractivity contribution in [3.8, 4) is 0 Å². The van der Waals surface area contributed by atoms with E-state index < -0.39 is 5.97 Å². The highest BCUT2D eigenvalue weighted by Gasteiger charge is 2.07. The molecular formula is C15H12BrFO3. The third-order valence-electron chi connectivity index (χ3n) is 2.77. The SMILES string of the molecule is O=C(O)c1ccc(COCc2ccccc2F)c(Br)c1. The van der Waals surface area contributed by atoms with E-state index in [1.54, 1.807) is 24.3 Å². The smallest absolute Gasteiger partial charge is 0.335 e. The molecule has 0 spiro atoms. The molecular weight excluding hydrogens is 327 g/mol. The van der Waals surface area contributed by atoms with Crippen LogP contribution in [0.4, 0.5) is 4.39 Å². The van der Waals surface area contributed by atoms with Crippen LogP contribution in [-0.4, -0.2) is 11.1 Å². The summed E-state index contributed by atoms with van der Waals surface area (Å²) in [6, 6.07) is 11.1. The maximum Gasteiger partial charge on any atom is 0.335 e. The molecule has 0 fully saturated rings. The Kier molecular flexibility index (Phi) is 4.87. The van der Waals surface area contributed by atoms with Crippen molar-refractivity contribution >= 4 is 21.9 Å². The molecule has 2 aromatic carbocycles. The van der Waals surface area contributed by atoms with Crippen molar-refractivity contribution in [3.05, 3.63) is 69.4 Å². The van der Waals surface area contributed by atoms with Crippen LogP contribution >= 0.6 is 15.9 Å². The van der Waals surface area contributed by atoms with Crippen LogP contribution in [-0.2, 0) is 18.0 Å². The van der Waals surface area contributed by atoms with Gasteiger partial charge in [0.05, 0.1) is 18.8 Å². The molecule has 5 heteroatoms. The van der Waals surface area contributed by atoms with Crippen molar-refractivity contribution in [1.82, 2.24) is 0 Å². The molecule has 0 amide bonds. The first-order valence-corrected chi connectivity index (χ1v) is 6.70. The fourth-order valence-electron chi connectivity index (χ4n) is 1.68. The predicted octanol–water partition coefficient (Wildman–Crippen LogP) is 4.00. The zero-order valence-electron chi connectivity index (χ0n) is 10.5. The van der Waals surface area contributed by atoms with E-state index in [2.05, 4.69) is 15.9 Å². The quantitative estimate of drug-likeness (QED) is 0.896. The molecule has 0 saturated carbocycles. The highest BCUT2D eigenvalue weighted by atomic mass is 79.9. The van der Waals surface area contributed by atoms with Gasteiger partial charge in [0.1, 0.15) is 5.82 Å². The van der Waals surface area contributed by atoms with Crippen LogP contribution in [0, 0.1) is 5.82 Å². The van der Waals surface area contributed by atoms with Crippen molar-refractivity contribution in [1.29, 1.82) is 0 Å². The van der Waals surface area contributed by atoms with Gasteiger partial charge in [0, 0.05) is 10.0 Å². The second kappa shape index (κ2) is 6.63. The monoisotopic (exact) mass is 338 g/mol. The Hall–Kier alpha value is -1.72. The van der Waals surface area contributed by atoms with Crippen LogP contribution < -0.4 is 0 Å². The summed E-state index contributed by atoms with van der Waals surface area (Å²) in [4.78, 5) is 10.8. The van der Waals surface area contributed by atoms with Crippen molar-refractivity contribution in [2.45, 2.75) is 13.2 Å². The Bertz CT molecular complexity index is 628. The Balaban J connectivity index is 1.98. The van der Waals surface area contributed by atoms with Gasteiger partial charge in [0.2, 0.25) is 0 Å². The lowest BCUT2D eigenvalue weighted by Gasteiger charge is -2.08. The highest BCUT2D eigenvalue weighted by molar-refractivity contribution is 9.10. The second-order valence-electron chi connectivity index (χ2n) is 4.20. The Labute approximate surface area is 124 Å². The van der Waals surface area contributed by atoms with Crippen LogP contribution in [0.15, 0.2) is 46.9 Å². The molecule has 1 N–H and O–H groups in total. The number of carboxylic acid groups (broad SMARTS) is 1. The summed E-state index contributed by atoms with van der Waals surface area (Å²) in [5.74, 6) is -1.28. The van der Waals surface area contributed by atoms with Gasteiger partial charge >= 0.3 is 5.97 Å². The summed E-state index contributed by atoms with van der Waals surface area (Å²) in [6.07, 6.45) is 0. The standard InChI is InChI=1S/C15H12BrFO3/c16-13-7-10(15(18)19)5-6-11(13)8-20-9-12-3-1-2-4-14(12)17/h1-7H,8-9H2,(H,18,19). The predicted molar refractivity (Wildman–Crippen MR) is 76.0 cm³/mol. The number of ether oxygens (including phenoxy) is 1. The fourth-order valence-corrected chi connectivity index (χ4v) is 2.18. The minimum absolute atomic E-state index is 0.166. The first-order valence-electron chi connectivity index (χ1n) is 5.91. The van der Waals surface area contributed by atoms with Crippen LogP contribution in [0.2, 0.25) is 0 Å². The molecule has 2 rings (SSSR count). The zero-order chi connectivity index (χ0) is 14.5. The minimum atomic E-state index is -0.982. The van der Waals surface area contributed by atoms with Crippen LogP contribution in [0.1, 0.15) is 21.5 Å². The summed E-state index contributed by atoms with van der Waals surface area (Å²) >= 11 is 3.30. The topological polar surface area (TPSA) is 46.5 Å². The summed E-state index contributed by atoms with van der Waals surface area (Å²) in [5.41, 5.74) is 1.51. The maximum absolute atomic E-state index is 13.4. The number of carboxylic acids is 1. The van der Waals surface area contributed by atoms with E-state index in [1.807, 2.05) is 0 Å². The van der Waals surface area contributed by atoms with Crippen LogP contribution in [0.25, 0.3) is 0 Å². The second-order valence-corrected chi connectivity index (χ2v) is 5.05. The molecule has 0 bridgehead atoms. The van der Waals surface area contributed by atoms with E-state index >= 15 is 0 Å². The van der Waals surface area contributed by atoms with Gasteiger partial charge in [0.25, 0.3) is 0 Å². The molecule has 2 aromatic rings. The average Bonchev–Trinajstić information content (AvgIpc) is 2.42. The lowest BCUT2D eigenvalue weighted by atomic mass is 10.1. The maximum atomic E-state index is 13.4. The molecule has 0 aliphatic heterocycles. The Morgan fingerprint density at radius 3 is 2.50 bits per heavy atom. The summed E-state index contributed by atoms with van der Waals surface area (Å²) in [5, 5.41) is 8.86. The molecule has 0 aliphatic rings. The van der Waals surface area contributed by atoms with Crippen molar-refractivity contribution in [2.24, 2.45) is 0 Å². The Morgan fingerprint density at radius 2 is 1.85 bits per heavy atom. The number of carbonyl (C=O) groups is 1. The van der Waals surface area contributed by atoms with Crippen molar-refractivity contribution in [3.63, 3.8) is 0 Å². The summed E-state index contributed by atoms with van der Waals surface area (Å²) in [6.45, 7) is 0.439. The van der Waals surface area contributed by atoms with E-state index in [9.17, 15) is 9.18 Å². The van der Waals surface area contributed by atoms with Gasteiger partial charge in [-0.3, -0.25) is 0 Å². The number of aromatic carboxylic acids is 1. The molecule has 20 heavy (non-hydrogen) atoms. The first-order chi connectivity index (χ1) is 9.58. The van der Waals surface area contributed by atoms with Gasteiger partial charge in [-0.15, -0.1) is 0 Å². The molecule has 0 atom stereocenters. The van der Waals surface area contributed by atoms with Gasteiger partial charge in [-0.1, -0.05) is 40.2 Å².